The Labute approximate surface area is 170 Å². The number of hydrogen-bond donors (Lipinski definition) is 1. The Kier molecular flexibility index (Phi) is 4.87. The summed E-state index contributed by atoms with van der Waals surface area (Å²) < 4.78 is 0. The summed E-state index contributed by atoms with van der Waals surface area (Å²) in [5, 5.41) is 10.2. The summed E-state index contributed by atoms with van der Waals surface area (Å²) in [7, 11) is 3.78. The normalized spacial score (nSPS) is 48.0. The maximum Gasteiger partial charge on any atom is 0.309 e. The molecule has 4 heteroatoms. The second-order valence-electron chi connectivity index (χ2n) is 11.7. The highest BCUT2D eigenvalue weighted by molar-refractivity contribution is 5.78. The summed E-state index contributed by atoms with van der Waals surface area (Å²) in [4.78, 5) is 27.2. The van der Waals surface area contributed by atoms with E-state index >= 15 is 0 Å². The average Bonchev–Trinajstić information content (AvgIpc) is 2.59. The number of fused-ring (bicyclic) bond motifs is 5. The highest BCUT2D eigenvalue weighted by atomic mass is 16.4. The first-order valence-corrected chi connectivity index (χ1v) is 11.5. The van der Waals surface area contributed by atoms with Gasteiger partial charge in [0, 0.05) is 20.0 Å². The van der Waals surface area contributed by atoms with Crippen molar-refractivity contribution in [2.24, 2.45) is 39.9 Å². The molecule has 0 aromatic carbocycles. The van der Waals surface area contributed by atoms with Crippen LogP contribution in [0.15, 0.2) is 0 Å². The van der Waals surface area contributed by atoms with Crippen LogP contribution < -0.4 is 0 Å². The number of carboxylic acids is 1. The van der Waals surface area contributed by atoms with Gasteiger partial charge in [-0.3, -0.25) is 9.59 Å². The average molecular weight is 390 g/mol. The maximum atomic E-state index is 13.0. The number of rotatable bonds is 3. The lowest BCUT2D eigenvalue weighted by Crippen LogP contribution is -2.59. The summed E-state index contributed by atoms with van der Waals surface area (Å²) >= 11 is 0. The topological polar surface area (TPSA) is 57.6 Å². The fourth-order valence-corrected chi connectivity index (χ4v) is 8.83. The monoisotopic (exact) mass is 389 g/mol. The summed E-state index contributed by atoms with van der Waals surface area (Å²) in [6.07, 6.45) is 11.7. The largest absolute Gasteiger partial charge is 0.481 e. The van der Waals surface area contributed by atoms with E-state index in [1.54, 1.807) is 4.90 Å². The van der Waals surface area contributed by atoms with E-state index < -0.39 is 11.4 Å². The number of hydrogen-bond acceptors (Lipinski definition) is 2. The van der Waals surface area contributed by atoms with Crippen LogP contribution in [0.1, 0.15) is 84.5 Å². The van der Waals surface area contributed by atoms with Crippen molar-refractivity contribution in [3.05, 3.63) is 0 Å². The minimum absolute atomic E-state index is 0.125. The van der Waals surface area contributed by atoms with E-state index in [0.29, 0.717) is 23.7 Å². The molecule has 4 nitrogen and oxygen atoms in total. The molecule has 0 heterocycles. The lowest BCUT2D eigenvalue weighted by molar-refractivity contribution is -0.188. The van der Waals surface area contributed by atoms with E-state index in [1.165, 1.54) is 32.1 Å². The lowest BCUT2D eigenvalue weighted by Gasteiger charge is -2.66. The third kappa shape index (κ3) is 3.01. The third-order valence-electron chi connectivity index (χ3n) is 9.24. The van der Waals surface area contributed by atoms with Crippen LogP contribution in [-0.2, 0) is 9.59 Å². The molecule has 1 amide bonds. The highest BCUT2D eigenvalue weighted by Crippen LogP contribution is 2.71. The zero-order valence-corrected chi connectivity index (χ0v) is 18.3. The molecule has 0 aliphatic heterocycles. The molecule has 7 atom stereocenters. The van der Waals surface area contributed by atoms with Crippen LogP contribution in [0, 0.1) is 39.9 Å². The van der Waals surface area contributed by atoms with E-state index in [2.05, 4.69) is 13.8 Å². The van der Waals surface area contributed by atoms with Gasteiger partial charge in [0.05, 0.1) is 5.41 Å². The predicted molar refractivity (Wildman–Crippen MR) is 110 cm³/mol. The van der Waals surface area contributed by atoms with Crippen LogP contribution in [0.3, 0.4) is 0 Å². The van der Waals surface area contributed by atoms with Crippen LogP contribution in [0.2, 0.25) is 0 Å². The smallest absolute Gasteiger partial charge is 0.309 e. The minimum Gasteiger partial charge on any atom is -0.481 e. The van der Waals surface area contributed by atoms with Crippen LogP contribution in [0.5, 0.6) is 0 Å². The Bertz CT molecular complexity index is 656. The molecule has 4 saturated carbocycles. The van der Waals surface area contributed by atoms with Crippen molar-refractivity contribution in [3.63, 3.8) is 0 Å². The SMILES string of the molecule is CC1CC2CC(C(=O)N(C)C)CC(C34CCCC(C(=O)O)(CC(C)C3)C4)(C1)C2. The maximum absolute atomic E-state index is 13.0. The van der Waals surface area contributed by atoms with E-state index in [0.717, 1.165) is 38.5 Å². The first-order valence-electron chi connectivity index (χ1n) is 11.5. The Morgan fingerprint density at radius 1 is 0.893 bits per heavy atom. The second-order valence-corrected chi connectivity index (χ2v) is 11.7. The van der Waals surface area contributed by atoms with Crippen molar-refractivity contribution in [2.75, 3.05) is 14.1 Å². The van der Waals surface area contributed by atoms with Gasteiger partial charge in [0.1, 0.15) is 0 Å². The van der Waals surface area contributed by atoms with Crippen molar-refractivity contribution in [1.29, 1.82) is 0 Å². The molecule has 7 unspecified atom stereocenters. The molecule has 4 aliphatic carbocycles. The molecule has 0 aromatic heterocycles. The molecule has 0 aromatic rings. The minimum atomic E-state index is -0.559. The van der Waals surface area contributed by atoms with Gasteiger partial charge in [-0.2, -0.15) is 0 Å². The van der Waals surface area contributed by atoms with Crippen LogP contribution in [0.25, 0.3) is 0 Å². The Balaban J connectivity index is 1.75. The quantitative estimate of drug-likeness (QED) is 0.741. The molecule has 0 saturated heterocycles. The van der Waals surface area contributed by atoms with Gasteiger partial charge in [-0.1, -0.05) is 20.3 Å². The third-order valence-corrected chi connectivity index (χ3v) is 9.24. The number of carbonyl (C=O) groups is 2. The molecule has 28 heavy (non-hydrogen) atoms. The van der Waals surface area contributed by atoms with Gasteiger partial charge in [0.25, 0.3) is 0 Å². The Morgan fingerprint density at radius 3 is 2.29 bits per heavy atom. The summed E-state index contributed by atoms with van der Waals surface area (Å²) in [5.74, 6) is 1.68. The zero-order chi connectivity index (χ0) is 20.3. The van der Waals surface area contributed by atoms with Crippen molar-refractivity contribution in [3.8, 4) is 0 Å². The lowest BCUT2D eigenvalue weighted by atomic mass is 9.38. The van der Waals surface area contributed by atoms with Gasteiger partial charge in [0.2, 0.25) is 5.91 Å². The highest BCUT2D eigenvalue weighted by Gasteiger charge is 2.64. The standard InChI is InChI=1S/C24H39NO3/c1-16-8-18-9-19(20(26)25(3)4)14-24(11-16,13-18)23-7-5-6-22(15-23,21(27)28)10-17(2)12-23/h16-19H,5-15H2,1-4H3,(H,27,28). The molecular formula is C24H39NO3. The fraction of sp³-hybridized carbons (Fsp3) is 0.917. The molecule has 1 N–H and O–H groups in total. The molecule has 0 spiro atoms. The number of nitrogens with zero attached hydrogens (tertiary/aromatic N) is 1. The van der Waals surface area contributed by atoms with Crippen LogP contribution in [0.4, 0.5) is 0 Å². The van der Waals surface area contributed by atoms with Gasteiger partial charge in [-0.05, 0) is 92.8 Å². The molecule has 4 aliphatic rings. The number of aliphatic carboxylic acids is 1. The van der Waals surface area contributed by atoms with Crippen molar-refractivity contribution in [2.45, 2.75) is 84.5 Å². The second kappa shape index (κ2) is 6.74. The molecule has 4 fully saturated rings. The van der Waals surface area contributed by atoms with Crippen LogP contribution >= 0.6 is 0 Å². The Hall–Kier alpha value is -1.06. The van der Waals surface area contributed by atoms with Crippen molar-refractivity contribution in [1.82, 2.24) is 4.90 Å². The predicted octanol–water partition coefficient (Wildman–Crippen LogP) is 4.97. The summed E-state index contributed by atoms with van der Waals surface area (Å²) in [6.45, 7) is 4.67. The number of carboxylic acid groups (broad SMARTS) is 1. The van der Waals surface area contributed by atoms with Gasteiger partial charge in [-0.15, -0.1) is 0 Å². The molecular weight excluding hydrogens is 350 g/mol. The number of carbonyl (C=O) groups excluding carboxylic acids is 1. The molecule has 158 valence electrons. The molecule has 4 rings (SSSR count). The van der Waals surface area contributed by atoms with E-state index in [-0.39, 0.29) is 16.7 Å². The van der Waals surface area contributed by atoms with E-state index in [4.69, 9.17) is 0 Å². The van der Waals surface area contributed by atoms with Crippen LogP contribution in [-0.4, -0.2) is 36.0 Å². The van der Waals surface area contributed by atoms with E-state index in [9.17, 15) is 14.7 Å². The fourth-order valence-electron chi connectivity index (χ4n) is 8.83. The van der Waals surface area contributed by atoms with Gasteiger partial charge >= 0.3 is 5.97 Å². The molecule has 4 bridgehead atoms. The first-order chi connectivity index (χ1) is 13.1. The van der Waals surface area contributed by atoms with Crippen molar-refractivity contribution >= 4 is 11.9 Å². The van der Waals surface area contributed by atoms with E-state index in [1.807, 2.05) is 14.1 Å². The van der Waals surface area contributed by atoms with Gasteiger partial charge in [-0.25, -0.2) is 0 Å². The molecule has 0 radical (unpaired) electrons. The summed E-state index contributed by atoms with van der Waals surface area (Å²) in [6, 6.07) is 0. The zero-order valence-electron chi connectivity index (χ0n) is 18.3. The number of amides is 1. The van der Waals surface area contributed by atoms with Gasteiger partial charge in [0.15, 0.2) is 0 Å². The Morgan fingerprint density at radius 2 is 1.61 bits per heavy atom. The first kappa shape index (κ1) is 20.2. The summed E-state index contributed by atoms with van der Waals surface area (Å²) in [5.41, 5.74) is -0.224. The van der Waals surface area contributed by atoms with Gasteiger partial charge < -0.3 is 10.0 Å². The van der Waals surface area contributed by atoms with Crippen molar-refractivity contribution < 1.29 is 14.7 Å².